The minimum Gasteiger partial charge on any atom is -0.467 e. The number of hydrogen-bond acceptors (Lipinski definition) is 8. The van der Waals surface area contributed by atoms with Crippen molar-refractivity contribution in [2.75, 3.05) is 20.7 Å². The predicted molar refractivity (Wildman–Crippen MR) is 81.7 cm³/mol. The molecule has 8 nitrogen and oxygen atoms in total. The molecule has 0 radical (unpaired) electrons. The van der Waals surface area contributed by atoms with Crippen LogP contribution in [0.15, 0.2) is 11.8 Å². The summed E-state index contributed by atoms with van der Waals surface area (Å²) < 4.78 is 16.9. The summed E-state index contributed by atoms with van der Waals surface area (Å²) in [6, 6.07) is -0.949. The van der Waals surface area contributed by atoms with Crippen LogP contribution >= 0.6 is 0 Å². The van der Waals surface area contributed by atoms with Crippen molar-refractivity contribution in [3.63, 3.8) is 0 Å². The van der Waals surface area contributed by atoms with Crippen molar-refractivity contribution < 1.29 is 19.3 Å². The molecule has 8 heteroatoms. The fourth-order valence-corrected chi connectivity index (χ4v) is 3.09. The van der Waals surface area contributed by atoms with Gasteiger partial charge in [-0.3, -0.25) is 0 Å². The fourth-order valence-electron chi connectivity index (χ4n) is 3.09. The van der Waals surface area contributed by atoms with E-state index < -0.39 is 18.5 Å². The summed E-state index contributed by atoms with van der Waals surface area (Å²) in [5, 5.41) is 13.6. The second-order valence-electron chi connectivity index (χ2n) is 5.84. The number of aliphatic hydroxyl groups excluding tert-OH is 1. The van der Waals surface area contributed by atoms with Crippen LogP contribution in [-0.4, -0.2) is 68.5 Å². The Balaban J connectivity index is 2.06. The molecule has 1 aliphatic heterocycles. The van der Waals surface area contributed by atoms with Gasteiger partial charge in [0.2, 0.25) is 6.29 Å². The Kier molecular flexibility index (Phi) is 6.16. The van der Waals surface area contributed by atoms with Gasteiger partial charge in [-0.1, -0.05) is 0 Å². The minimum atomic E-state index is -0.818. The second-order valence-corrected chi connectivity index (χ2v) is 5.84. The van der Waals surface area contributed by atoms with E-state index in [1.165, 1.54) is 0 Å². The Labute approximate surface area is 130 Å². The van der Waals surface area contributed by atoms with E-state index in [2.05, 4.69) is 5.32 Å². The quantitative estimate of drug-likeness (QED) is 0.392. The molecule has 2 rings (SSSR count). The van der Waals surface area contributed by atoms with Gasteiger partial charge in [-0.05, 0) is 26.0 Å². The van der Waals surface area contributed by atoms with Gasteiger partial charge in [-0.2, -0.15) is 0 Å². The molecule has 0 spiro atoms. The lowest BCUT2D eigenvalue weighted by Crippen LogP contribution is -2.65. The van der Waals surface area contributed by atoms with E-state index in [9.17, 15) is 5.11 Å². The Morgan fingerprint density at radius 1 is 1.41 bits per heavy atom. The molecular weight excluding hydrogens is 288 g/mol. The topological polar surface area (TPSA) is 138 Å². The van der Waals surface area contributed by atoms with Crippen LogP contribution in [0.25, 0.3) is 0 Å². The fraction of sp³-hybridized carbons (Fsp3) is 0.857. The average Bonchev–Trinajstić information content (AvgIpc) is 2.52. The number of likely N-dealkylation sites (N-methyl/N-ethyl adjacent to an activating group) is 1. The highest BCUT2D eigenvalue weighted by Gasteiger charge is 2.45. The van der Waals surface area contributed by atoms with Crippen molar-refractivity contribution >= 4 is 0 Å². The standard InChI is InChI=1S/C14H28N4O4/c1-18-11-10(20-2)5-9(17)13(12(11)19)22-14-8(16)4-3-7(6-15)21-14/h3,8-14,18-19H,4-6,15-17H2,1-2H3. The SMILES string of the molecule is CNC1C(OC)CC(N)C(OC2OC(CN)=CCC2N)C1O. The van der Waals surface area contributed by atoms with Crippen LogP contribution in [0, 0.1) is 0 Å². The summed E-state index contributed by atoms with van der Waals surface area (Å²) in [6.45, 7) is 0.288. The first-order chi connectivity index (χ1) is 10.5. The Morgan fingerprint density at radius 2 is 2.14 bits per heavy atom. The van der Waals surface area contributed by atoms with Crippen LogP contribution in [-0.2, 0) is 14.2 Å². The first kappa shape index (κ1) is 17.6. The lowest BCUT2D eigenvalue weighted by molar-refractivity contribution is -0.213. The van der Waals surface area contributed by atoms with Crippen molar-refractivity contribution in [1.29, 1.82) is 0 Å². The maximum Gasteiger partial charge on any atom is 0.215 e. The highest BCUT2D eigenvalue weighted by molar-refractivity contribution is 5.04. The first-order valence-corrected chi connectivity index (χ1v) is 7.62. The van der Waals surface area contributed by atoms with E-state index in [1.807, 2.05) is 6.08 Å². The molecule has 8 N–H and O–H groups in total. The number of hydrogen-bond donors (Lipinski definition) is 5. The lowest BCUT2D eigenvalue weighted by Gasteiger charge is -2.44. The van der Waals surface area contributed by atoms with Crippen molar-refractivity contribution in [2.45, 2.75) is 55.6 Å². The molecule has 7 atom stereocenters. The molecule has 0 saturated heterocycles. The van der Waals surface area contributed by atoms with E-state index in [1.54, 1.807) is 14.2 Å². The zero-order chi connectivity index (χ0) is 16.3. The molecule has 0 amide bonds. The molecule has 7 unspecified atom stereocenters. The number of aliphatic hydroxyl groups is 1. The average molecular weight is 316 g/mol. The van der Waals surface area contributed by atoms with Crippen LogP contribution in [0.1, 0.15) is 12.8 Å². The number of nitrogens with one attached hydrogen (secondary N) is 1. The Hall–Kier alpha value is -0.740. The summed E-state index contributed by atoms with van der Waals surface area (Å²) >= 11 is 0. The smallest absolute Gasteiger partial charge is 0.215 e. The molecule has 22 heavy (non-hydrogen) atoms. The van der Waals surface area contributed by atoms with E-state index >= 15 is 0 Å². The van der Waals surface area contributed by atoms with Crippen molar-refractivity contribution in [2.24, 2.45) is 17.2 Å². The molecule has 1 saturated carbocycles. The van der Waals surface area contributed by atoms with Crippen LogP contribution in [0.3, 0.4) is 0 Å². The van der Waals surface area contributed by atoms with Crippen LogP contribution in [0.5, 0.6) is 0 Å². The zero-order valence-electron chi connectivity index (χ0n) is 13.1. The molecule has 0 aromatic carbocycles. The largest absolute Gasteiger partial charge is 0.467 e. The normalized spacial score (nSPS) is 42.6. The van der Waals surface area contributed by atoms with Gasteiger partial charge >= 0.3 is 0 Å². The van der Waals surface area contributed by atoms with Gasteiger partial charge in [-0.15, -0.1) is 0 Å². The number of ether oxygens (including phenoxy) is 3. The first-order valence-electron chi connectivity index (χ1n) is 7.62. The van der Waals surface area contributed by atoms with Gasteiger partial charge in [0.25, 0.3) is 0 Å². The second kappa shape index (κ2) is 7.69. The summed E-state index contributed by atoms with van der Waals surface area (Å²) in [6.07, 6.45) is 0.815. The third kappa shape index (κ3) is 3.60. The Morgan fingerprint density at radius 3 is 2.73 bits per heavy atom. The van der Waals surface area contributed by atoms with Crippen LogP contribution in [0.2, 0.25) is 0 Å². The molecule has 1 aliphatic carbocycles. The third-order valence-electron chi connectivity index (χ3n) is 4.39. The van der Waals surface area contributed by atoms with Crippen molar-refractivity contribution in [3.05, 3.63) is 11.8 Å². The summed E-state index contributed by atoms with van der Waals surface area (Å²) in [5.41, 5.74) is 17.8. The summed E-state index contributed by atoms with van der Waals surface area (Å²) in [7, 11) is 3.38. The van der Waals surface area contributed by atoms with Gasteiger partial charge in [0.1, 0.15) is 11.9 Å². The molecule has 2 aliphatic rings. The molecule has 128 valence electrons. The minimum absolute atomic E-state index is 0.171. The highest BCUT2D eigenvalue weighted by atomic mass is 16.7. The van der Waals surface area contributed by atoms with E-state index in [-0.39, 0.29) is 30.8 Å². The predicted octanol–water partition coefficient (Wildman–Crippen LogP) is -2.02. The lowest BCUT2D eigenvalue weighted by atomic mass is 9.84. The number of methoxy groups -OCH3 is 1. The summed E-state index contributed by atoms with van der Waals surface area (Å²) in [4.78, 5) is 0. The maximum absolute atomic E-state index is 10.6. The van der Waals surface area contributed by atoms with Gasteiger partial charge in [-0.25, -0.2) is 0 Å². The van der Waals surface area contributed by atoms with E-state index in [0.29, 0.717) is 18.6 Å². The third-order valence-corrected chi connectivity index (χ3v) is 4.39. The number of nitrogens with two attached hydrogens (primary N) is 3. The zero-order valence-corrected chi connectivity index (χ0v) is 13.1. The maximum atomic E-state index is 10.6. The van der Waals surface area contributed by atoms with E-state index in [4.69, 9.17) is 31.4 Å². The molecule has 0 aromatic heterocycles. The molecule has 1 fully saturated rings. The molecule has 0 aromatic rings. The molecule has 0 bridgehead atoms. The van der Waals surface area contributed by atoms with Gasteiger partial charge < -0.3 is 41.8 Å². The van der Waals surface area contributed by atoms with Gasteiger partial charge in [0, 0.05) is 13.2 Å². The van der Waals surface area contributed by atoms with Crippen molar-refractivity contribution in [3.8, 4) is 0 Å². The Bertz CT molecular complexity index is 395. The molecule has 1 heterocycles. The highest BCUT2D eigenvalue weighted by Crippen LogP contribution is 2.27. The van der Waals surface area contributed by atoms with Crippen LogP contribution in [0.4, 0.5) is 0 Å². The number of rotatable bonds is 5. The molecular formula is C14H28N4O4. The van der Waals surface area contributed by atoms with Gasteiger partial charge in [0.15, 0.2) is 0 Å². The summed E-state index contributed by atoms with van der Waals surface area (Å²) in [5.74, 6) is 0.644. The monoisotopic (exact) mass is 316 g/mol. The van der Waals surface area contributed by atoms with Crippen LogP contribution < -0.4 is 22.5 Å². The van der Waals surface area contributed by atoms with Gasteiger partial charge in [0.05, 0.1) is 30.8 Å². The van der Waals surface area contributed by atoms with Crippen molar-refractivity contribution in [1.82, 2.24) is 5.32 Å². The van der Waals surface area contributed by atoms with E-state index in [0.717, 1.165) is 0 Å².